The van der Waals surface area contributed by atoms with Crippen molar-refractivity contribution in [3.8, 4) is 0 Å². The lowest BCUT2D eigenvalue weighted by Gasteiger charge is -2.09. The van der Waals surface area contributed by atoms with Crippen LogP contribution in [0.4, 0.5) is 0 Å². The zero-order valence-electron chi connectivity index (χ0n) is 7.91. The molecule has 1 atom stereocenters. The molecule has 2 N–H and O–H groups in total. The van der Waals surface area contributed by atoms with Crippen molar-refractivity contribution in [2.24, 2.45) is 5.73 Å². The summed E-state index contributed by atoms with van der Waals surface area (Å²) in [5.41, 5.74) is 5.86. The number of rotatable bonds is 3. The molecule has 4 nitrogen and oxygen atoms in total. The molecule has 0 fully saturated rings. The SMILES string of the molecule is CC[C@@H](N)c1nnc(C)n1CC. The highest BCUT2D eigenvalue weighted by Gasteiger charge is 2.12. The topological polar surface area (TPSA) is 56.7 Å². The number of aryl methyl sites for hydroxylation is 1. The van der Waals surface area contributed by atoms with E-state index in [0.717, 1.165) is 24.6 Å². The summed E-state index contributed by atoms with van der Waals surface area (Å²) in [5, 5.41) is 8.03. The van der Waals surface area contributed by atoms with E-state index in [1.807, 2.05) is 11.5 Å². The molecule has 0 saturated heterocycles. The first kappa shape index (κ1) is 9.19. The highest BCUT2D eigenvalue weighted by molar-refractivity contribution is 4.98. The van der Waals surface area contributed by atoms with Gasteiger partial charge < -0.3 is 10.3 Å². The molecule has 12 heavy (non-hydrogen) atoms. The summed E-state index contributed by atoms with van der Waals surface area (Å²) < 4.78 is 2.05. The second-order valence-electron chi connectivity index (χ2n) is 2.86. The van der Waals surface area contributed by atoms with Crippen LogP contribution in [0.3, 0.4) is 0 Å². The van der Waals surface area contributed by atoms with Crippen molar-refractivity contribution in [1.29, 1.82) is 0 Å². The fraction of sp³-hybridized carbons (Fsp3) is 0.750. The van der Waals surface area contributed by atoms with E-state index < -0.39 is 0 Å². The minimum absolute atomic E-state index is 0.0196. The third-order valence-electron chi connectivity index (χ3n) is 2.05. The van der Waals surface area contributed by atoms with Gasteiger partial charge in [0.25, 0.3) is 0 Å². The van der Waals surface area contributed by atoms with Gasteiger partial charge in [-0.25, -0.2) is 0 Å². The average Bonchev–Trinajstić information content (AvgIpc) is 2.45. The second kappa shape index (κ2) is 3.67. The van der Waals surface area contributed by atoms with Gasteiger partial charge in [0.05, 0.1) is 6.04 Å². The molecule has 1 heterocycles. The molecule has 0 aliphatic heterocycles. The van der Waals surface area contributed by atoms with Crippen molar-refractivity contribution in [2.75, 3.05) is 0 Å². The van der Waals surface area contributed by atoms with Gasteiger partial charge in [0.15, 0.2) is 0 Å². The van der Waals surface area contributed by atoms with E-state index in [1.54, 1.807) is 0 Å². The average molecular weight is 168 g/mol. The first-order valence-corrected chi connectivity index (χ1v) is 4.36. The van der Waals surface area contributed by atoms with Crippen LogP contribution in [-0.2, 0) is 6.54 Å². The maximum Gasteiger partial charge on any atom is 0.149 e. The Balaban J connectivity index is 2.98. The maximum absolute atomic E-state index is 5.86. The van der Waals surface area contributed by atoms with E-state index in [2.05, 4.69) is 24.0 Å². The molecule has 0 radical (unpaired) electrons. The predicted octanol–water partition coefficient (Wildman–Crippen LogP) is 1.02. The summed E-state index contributed by atoms with van der Waals surface area (Å²) in [6.45, 7) is 6.96. The summed E-state index contributed by atoms with van der Waals surface area (Å²) >= 11 is 0. The Morgan fingerprint density at radius 1 is 1.42 bits per heavy atom. The number of hydrogen-bond donors (Lipinski definition) is 1. The third-order valence-corrected chi connectivity index (χ3v) is 2.05. The highest BCUT2D eigenvalue weighted by atomic mass is 15.3. The van der Waals surface area contributed by atoms with E-state index in [0.29, 0.717) is 0 Å². The highest BCUT2D eigenvalue weighted by Crippen LogP contribution is 2.11. The van der Waals surface area contributed by atoms with E-state index in [-0.39, 0.29) is 6.04 Å². The van der Waals surface area contributed by atoms with E-state index in [9.17, 15) is 0 Å². The van der Waals surface area contributed by atoms with Crippen LogP contribution in [0.1, 0.15) is 38.0 Å². The number of nitrogens with zero attached hydrogens (tertiary/aromatic N) is 3. The van der Waals surface area contributed by atoms with Crippen LogP contribution in [0.25, 0.3) is 0 Å². The van der Waals surface area contributed by atoms with Crippen molar-refractivity contribution >= 4 is 0 Å². The molecule has 0 saturated carbocycles. The van der Waals surface area contributed by atoms with Gasteiger partial charge in [-0.05, 0) is 20.3 Å². The zero-order chi connectivity index (χ0) is 9.14. The maximum atomic E-state index is 5.86. The quantitative estimate of drug-likeness (QED) is 0.733. The van der Waals surface area contributed by atoms with Gasteiger partial charge >= 0.3 is 0 Å². The lowest BCUT2D eigenvalue weighted by molar-refractivity contribution is 0.582. The van der Waals surface area contributed by atoms with Crippen molar-refractivity contribution in [3.63, 3.8) is 0 Å². The molecule has 0 aliphatic carbocycles. The van der Waals surface area contributed by atoms with Gasteiger partial charge in [-0.15, -0.1) is 10.2 Å². The fourth-order valence-electron chi connectivity index (χ4n) is 1.25. The Morgan fingerprint density at radius 3 is 2.58 bits per heavy atom. The van der Waals surface area contributed by atoms with Gasteiger partial charge in [-0.3, -0.25) is 0 Å². The lowest BCUT2D eigenvalue weighted by atomic mass is 10.2. The minimum atomic E-state index is 0.0196. The smallest absolute Gasteiger partial charge is 0.149 e. The van der Waals surface area contributed by atoms with Crippen LogP contribution in [0.5, 0.6) is 0 Å². The van der Waals surface area contributed by atoms with Crippen molar-refractivity contribution in [2.45, 2.75) is 39.8 Å². The van der Waals surface area contributed by atoms with Crippen molar-refractivity contribution < 1.29 is 0 Å². The fourth-order valence-corrected chi connectivity index (χ4v) is 1.25. The van der Waals surface area contributed by atoms with Crippen molar-refractivity contribution in [3.05, 3.63) is 11.6 Å². The Labute approximate surface area is 72.8 Å². The van der Waals surface area contributed by atoms with E-state index >= 15 is 0 Å². The Hall–Kier alpha value is -0.900. The molecule has 0 spiro atoms. The molecule has 1 aromatic heterocycles. The molecular formula is C8H16N4. The Kier molecular flexibility index (Phi) is 2.81. The number of aromatic nitrogens is 3. The molecule has 68 valence electrons. The molecule has 0 amide bonds. The van der Waals surface area contributed by atoms with Gasteiger partial charge in [0.1, 0.15) is 11.6 Å². The summed E-state index contributed by atoms with van der Waals surface area (Å²) in [5.74, 6) is 1.84. The molecule has 4 heteroatoms. The Morgan fingerprint density at radius 2 is 2.08 bits per heavy atom. The van der Waals surface area contributed by atoms with Crippen LogP contribution in [0.15, 0.2) is 0 Å². The summed E-state index contributed by atoms with van der Waals surface area (Å²) in [7, 11) is 0. The van der Waals surface area contributed by atoms with E-state index in [1.165, 1.54) is 0 Å². The Bertz CT molecular complexity index is 254. The molecule has 0 aromatic carbocycles. The normalized spacial score (nSPS) is 13.3. The lowest BCUT2D eigenvalue weighted by Crippen LogP contribution is -2.15. The van der Waals surface area contributed by atoms with Gasteiger partial charge in [0.2, 0.25) is 0 Å². The molecular weight excluding hydrogens is 152 g/mol. The van der Waals surface area contributed by atoms with Crippen LogP contribution in [0, 0.1) is 6.92 Å². The largest absolute Gasteiger partial charge is 0.321 e. The molecule has 0 aliphatic rings. The zero-order valence-corrected chi connectivity index (χ0v) is 7.91. The van der Waals surface area contributed by atoms with Gasteiger partial charge in [-0.1, -0.05) is 6.92 Å². The summed E-state index contributed by atoms with van der Waals surface area (Å²) in [4.78, 5) is 0. The molecule has 0 unspecified atom stereocenters. The van der Waals surface area contributed by atoms with Crippen LogP contribution >= 0.6 is 0 Å². The minimum Gasteiger partial charge on any atom is -0.321 e. The number of hydrogen-bond acceptors (Lipinski definition) is 3. The second-order valence-corrected chi connectivity index (χ2v) is 2.86. The first-order valence-electron chi connectivity index (χ1n) is 4.36. The third kappa shape index (κ3) is 1.48. The summed E-state index contributed by atoms with van der Waals surface area (Å²) in [6.07, 6.45) is 0.901. The van der Waals surface area contributed by atoms with Crippen molar-refractivity contribution in [1.82, 2.24) is 14.8 Å². The molecule has 1 aromatic rings. The summed E-state index contributed by atoms with van der Waals surface area (Å²) in [6, 6.07) is 0.0196. The number of nitrogens with two attached hydrogens (primary N) is 1. The van der Waals surface area contributed by atoms with E-state index in [4.69, 9.17) is 5.73 Å². The molecule has 0 bridgehead atoms. The predicted molar refractivity (Wildman–Crippen MR) is 47.7 cm³/mol. The van der Waals surface area contributed by atoms with Gasteiger partial charge in [0, 0.05) is 6.54 Å². The monoisotopic (exact) mass is 168 g/mol. The van der Waals surface area contributed by atoms with Crippen LogP contribution in [-0.4, -0.2) is 14.8 Å². The van der Waals surface area contributed by atoms with Crippen LogP contribution < -0.4 is 5.73 Å². The molecule has 1 rings (SSSR count). The first-order chi connectivity index (χ1) is 5.70. The standard InChI is InChI=1S/C8H16N4/c1-4-7(9)8-11-10-6(3)12(8)5-2/h7H,4-5,9H2,1-3H3/t7-/m1/s1. The van der Waals surface area contributed by atoms with Gasteiger partial charge in [-0.2, -0.15) is 0 Å². The van der Waals surface area contributed by atoms with Crippen LogP contribution in [0.2, 0.25) is 0 Å².